The highest BCUT2D eigenvalue weighted by Gasteiger charge is 2.62. The summed E-state index contributed by atoms with van der Waals surface area (Å²) in [5.74, 6) is -1.20. The van der Waals surface area contributed by atoms with E-state index in [0.29, 0.717) is 11.8 Å². The zero-order chi connectivity index (χ0) is 26.8. The number of allylic oxidation sites excluding steroid dienone is 2. The van der Waals surface area contributed by atoms with Crippen molar-refractivity contribution in [1.82, 2.24) is 0 Å². The van der Waals surface area contributed by atoms with Gasteiger partial charge in [0.15, 0.2) is 5.78 Å². The van der Waals surface area contributed by atoms with Gasteiger partial charge in [0, 0.05) is 18.4 Å². The fourth-order valence-corrected chi connectivity index (χ4v) is 3.94. The maximum Gasteiger partial charge on any atom is 0.402 e. The molecule has 0 bridgehead atoms. The first kappa shape index (κ1) is 27.0. The second-order valence-corrected chi connectivity index (χ2v) is 8.22. The van der Waals surface area contributed by atoms with Gasteiger partial charge >= 0.3 is 12.4 Å². The van der Waals surface area contributed by atoms with Crippen molar-refractivity contribution >= 4 is 11.4 Å². The molecule has 36 heavy (non-hydrogen) atoms. The topological polar surface area (TPSA) is 59.3 Å². The molecule has 2 aromatic carbocycles. The summed E-state index contributed by atoms with van der Waals surface area (Å²) in [6.07, 6.45) is -11.6. The molecule has 1 unspecified atom stereocenters. The van der Waals surface area contributed by atoms with Gasteiger partial charge in [0.25, 0.3) is 5.67 Å². The molecule has 0 saturated heterocycles. The Bertz CT molecular complexity index is 1160. The number of ketones is 1. The predicted octanol–water partition coefficient (Wildman–Crippen LogP) is 6.50. The van der Waals surface area contributed by atoms with E-state index in [0.717, 1.165) is 24.3 Å². The second-order valence-electron chi connectivity index (χ2n) is 8.22. The van der Waals surface area contributed by atoms with Crippen molar-refractivity contribution in [2.45, 2.75) is 42.7 Å². The molecule has 0 aliphatic heterocycles. The zero-order valence-corrected chi connectivity index (χ0v) is 18.8. The first-order valence-electron chi connectivity index (χ1n) is 10.6. The number of hydrogen-bond acceptors (Lipinski definition) is 4. The molecule has 0 fully saturated rings. The summed E-state index contributed by atoms with van der Waals surface area (Å²) >= 11 is 0. The summed E-state index contributed by atoms with van der Waals surface area (Å²) in [6, 6.07) is 10.7. The number of alkyl halides is 7. The van der Waals surface area contributed by atoms with Gasteiger partial charge in [-0.1, -0.05) is 30.3 Å². The van der Waals surface area contributed by atoms with E-state index in [9.17, 15) is 36.4 Å². The summed E-state index contributed by atoms with van der Waals surface area (Å²) in [7, 11) is 1.35. The Morgan fingerprint density at radius 1 is 0.972 bits per heavy atom. The van der Waals surface area contributed by atoms with Gasteiger partial charge in [-0.05, 0) is 41.8 Å². The third kappa shape index (κ3) is 5.32. The molecule has 0 aromatic heterocycles. The Labute approximate surface area is 201 Å². The van der Waals surface area contributed by atoms with E-state index in [-0.39, 0.29) is 24.3 Å². The Morgan fingerprint density at radius 3 is 2.06 bits per heavy atom. The molecular formula is C25H20F7NO3. The number of methoxy groups -OCH3 is 1. The van der Waals surface area contributed by atoms with Gasteiger partial charge in [0.1, 0.15) is 23.0 Å². The van der Waals surface area contributed by atoms with Crippen LogP contribution in [0.15, 0.2) is 54.6 Å². The third-order valence-electron chi connectivity index (χ3n) is 5.89. The number of nitriles is 1. The zero-order valence-electron chi connectivity index (χ0n) is 18.8. The number of Topliss-reactive ketones (excluding diaryl/α,β-unsaturated/α-hetero) is 1. The summed E-state index contributed by atoms with van der Waals surface area (Å²) < 4.78 is 106. The van der Waals surface area contributed by atoms with Crippen molar-refractivity contribution in [3.8, 4) is 17.6 Å². The smallest absolute Gasteiger partial charge is 0.402 e. The van der Waals surface area contributed by atoms with Crippen LogP contribution in [0.5, 0.6) is 11.5 Å². The third-order valence-corrected chi connectivity index (χ3v) is 5.89. The van der Waals surface area contributed by atoms with Crippen molar-refractivity contribution in [3.63, 3.8) is 0 Å². The summed E-state index contributed by atoms with van der Waals surface area (Å²) in [6.45, 7) is -0.310. The number of carbonyl (C=O) groups excluding carboxylic acids is 1. The molecule has 4 nitrogen and oxygen atoms in total. The van der Waals surface area contributed by atoms with Crippen molar-refractivity contribution in [3.05, 3.63) is 65.7 Å². The minimum absolute atomic E-state index is 0.0246. The first-order chi connectivity index (χ1) is 16.8. The van der Waals surface area contributed by atoms with Gasteiger partial charge in [0.05, 0.1) is 13.7 Å². The molecule has 0 radical (unpaired) electrons. The normalized spacial score (nSPS) is 22.5. The molecule has 1 aliphatic rings. The number of carbonyl (C=O) groups is 1. The molecule has 2 atom stereocenters. The van der Waals surface area contributed by atoms with Crippen LogP contribution >= 0.6 is 0 Å². The van der Waals surface area contributed by atoms with E-state index in [1.807, 2.05) is 0 Å². The van der Waals surface area contributed by atoms with Crippen molar-refractivity contribution in [1.29, 1.82) is 5.26 Å². The van der Waals surface area contributed by atoms with Crippen molar-refractivity contribution < 1.29 is 45.0 Å². The Kier molecular flexibility index (Phi) is 7.39. The lowest BCUT2D eigenvalue weighted by Gasteiger charge is -2.39. The lowest BCUT2D eigenvalue weighted by atomic mass is 9.65. The van der Waals surface area contributed by atoms with Crippen LogP contribution in [-0.2, 0) is 10.2 Å². The fraction of sp³-hybridized carbons (Fsp3) is 0.360. The van der Waals surface area contributed by atoms with Crippen molar-refractivity contribution in [2.75, 3.05) is 13.7 Å². The average molecular weight is 515 g/mol. The quantitative estimate of drug-likeness (QED) is 0.312. The Hall–Kier alpha value is -3.55. The van der Waals surface area contributed by atoms with Crippen LogP contribution in [-0.4, -0.2) is 37.5 Å². The SMILES string of the molecule is COc1ccc(C2=C[C@](c3ccc(OCCCC(F)(F)F)cc3)(C(F)(F)F)CC(=O)C2(F)C#N)cc1. The average Bonchev–Trinajstić information content (AvgIpc) is 2.82. The summed E-state index contributed by atoms with van der Waals surface area (Å²) in [5.41, 5.74) is -7.53. The van der Waals surface area contributed by atoms with Crippen LogP contribution in [0.1, 0.15) is 30.4 Å². The van der Waals surface area contributed by atoms with Gasteiger partial charge < -0.3 is 9.47 Å². The number of halogens is 7. The molecule has 0 N–H and O–H groups in total. The van der Waals surface area contributed by atoms with Gasteiger partial charge in [-0.25, -0.2) is 4.39 Å². The molecule has 11 heteroatoms. The Balaban J connectivity index is 2.03. The molecular weight excluding hydrogens is 495 g/mol. The van der Waals surface area contributed by atoms with Crippen molar-refractivity contribution in [2.24, 2.45) is 0 Å². The number of ether oxygens (including phenoxy) is 2. The molecule has 192 valence electrons. The standard InChI is InChI=1S/C25H20F7NO3/c1-35-18-7-3-16(4-8-18)20-13-22(25(30,31)32,14-21(34)23(20,26)15-33)17-5-9-19(10-6-17)36-12-2-11-24(27,28)29/h3-10,13H,2,11-12,14H2,1H3/t22-,23?/m0/s1. The fourth-order valence-electron chi connectivity index (χ4n) is 3.94. The van der Waals surface area contributed by atoms with E-state index in [4.69, 9.17) is 9.47 Å². The second kappa shape index (κ2) is 9.84. The molecule has 0 saturated carbocycles. The van der Waals surface area contributed by atoms with Gasteiger partial charge in [-0.15, -0.1) is 0 Å². The highest BCUT2D eigenvalue weighted by Crippen LogP contribution is 2.53. The minimum Gasteiger partial charge on any atom is -0.497 e. The van der Waals surface area contributed by atoms with E-state index >= 15 is 4.39 Å². The first-order valence-corrected chi connectivity index (χ1v) is 10.6. The molecule has 1 aliphatic carbocycles. The van der Waals surface area contributed by atoms with Gasteiger partial charge in [-0.3, -0.25) is 4.79 Å². The van der Waals surface area contributed by atoms with Crippen LogP contribution < -0.4 is 9.47 Å². The van der Waals surface area contributed by atoms with Crippen LogP contribution in [0.25, 0.3) is 5.57 Å². The van der Waals surface area contributed by atoms with Gasteiger partial charge in [0.2, 0.25) is 0 Å². The van der Waals surface area contributed by atoms with Crippen LogP contribution in [0, 0.1) is 11.3 Å². The van der Waals surface area contributed by atoms with Gasteiger partial charge in [-0.2, -0.15) is 31.6 Å². The van der Waals surface area contributed by atoms with E-state index in [1.54, 1.807) is 0 Å². The number of benzene rings is 2. The molecule has 0 heterocycles. The summed E-state index contributed by atoms with van der Waals surface area (Å²) in [5, 5.41) is 9.41. The summed E-state index contributed by atoms with van der Waals surface area (Å²) in [4.78, 5) is 12.7. The largest absolute Gasteiger partial charge is 0.497 e. The number of nitrogens with zero attached hydrogens (tertiary/aromatic N) is 1. The number of rotatable bonds is 7. The predicted molar refractivity (Wildman–Crippen MR) is 115 cm³/mol. The van der Waals surface area contributed by atoms with Crippen LogP contribution in [0.4, 0.5) is 30.7 Å². The minimum atomic E-state index is -5.06. The lowest BCUT2D eigenvalue weighted by molar-refractivity contribution is -0.182. The highest BCUT2D eigenvalue weighted by molar-refractivity contribution is 6.07. The molecule has 0 amide bonds. The maximum absolute atomic E-state index is 15.5. The molecule has 0 spiro atoms. The van der Waals surface area contributed by atoms with E-state index < -0.39 is 53.2 Å². The van der Waals surface area contributed by atoms with Crippen LogP contribution in [0.3, 0.4) is 0 Å². The number of hydrogen-bond donors (Lipinski definition) is 0. The molecule has 3 rings (SSSR count). The van der Waals surface area contributed by atoms with E-state index in [1.165, 1.54) is 37.4 Å². The lowest BCUT2D eigenvalue weighted by Crippen LogP contribution is -2.51. The monoisotopic (exact) mass is 515 g/mol. The highest BCUT2D eigenvalue weighted by atomic mass is 19.4. The van der Waals surface area contributed by atoms with Crippen LogP contribution in [0.2, 0.25) is 0 Å². The Morgan fingerprint density at radius 2 is 1.56 bits per heavy atom. The van der Waals surface area contributed by atoms with E-state index in [2.05, 4.69) is 0 Å². The maximum atomic E-state index is 15.5. The molecule has 2 aromatic rings.